The van der Waals surface area contributed by atoms with Gasteiger partial charge in [0.25, 0.3) is 5.91 Å². The number of carbonyl (C=O) groups is 2. The number of hydrogen-bond acceptors (Lipinski definition) is 5. The predicted octanol–water partition coefficient (Wildman–Crippen LogP) is 5.43. The summed E-state index contributed by atoms with van der Waals surface area (Å²) < 4.78 is 5.19. The molecule has 1 unspecified atom stereocenters. The molecule has 5 nitrogen and oxygen atoms in total. The van der Waals surface area contributed by atoms with Crippen LogP contribution in [0.2, 0.25) is 10.0 Å². The predicted molar refractivity (Wildman–Crippen MR) is 107 cm³/mol. The van der Waals surface area contributed by atoms with Gasteiger partial charge < -0.3 is 14.4 Å². The van der Waals surface area contributed by atoms with Gasteiger partial charge in [0.15, 0.2) is 11.5 Å². The number of amides is 1. The Kier molecular flexibility index (Phi) is 5.02. The van der Waals surface area contributed by atoms with Crippen molar-refractivity contribution in [2.45, 2.75) is 12.6 Å². The van der Waals surface area contributed by atoms with Crippen LogP contribution in [-0.4, -0.2) is 21.7 Å². The van der Waals surface area contributed by atoms with Gasteiger partial charge in [0.05, 0.1) is 24.4 Å². The first-order chi connectivity index (χ1) is 13.5. The fourth-order valence-corrected chi connectivity index (χ4v) is 4.54. The van der Waals surface area contributed by atoms with Gasteiger partial charge in [0, 0.05) is 20.5 Å². The maximum absolute atomic E-state index is 13.0. The maximum atomic E-state index is 13.0. The number of nitrogens with zero attached hydrogens (tertiary/aromatic N) is 1. The number of ketones is 1. The van der Waals surface area contributed by atoms with Crippen molar-refractivity contribution in [1.29, 1.82) is 0 Å². The molecule has 0 fully saturated rings. The van der Waals surface area contributed by atoms with E-state index in [9.17, 15) is 14.7 Å². The summed E-state index contributed by atoms with van der Waals surface area (Å²) in [6.45, 7) is 0.196. The van der Waals surface area contributed by atoms with Gasteiger partial charge in [-0.3, -0.25) is 9.59 Å². The number of benzene rings is 1. The molecule has 1 aliphatic heterocycles. The molecule has 0 aliphatic carbocycles. The van der Waals surface area contributed by atoms with E-state index in [0.717, 1.165) is 4.88 Å². The van der Waals surface area contributed by atoms with Crippen molar-refractivity contribution in [3.05, 3.63) is 91.7 Å². The van der Waals surface area contributed by atoms with Crippen LogP contribution in [-0.2, 0) is 11.3 Å². The summed E-state index contributed by atoms with van der Waals surface area (Å²) in [5, 5.41) is 13.1. The molecule has 4 rings (SSSR count). The molecule has 28 heavy (non-hydrogen) atoms. The summed E-state index contributed by atoms with van der Waals surface area (Å²) >= 11 is 14.2. The average Bonchev–Trinajstić information content (AvgIpc) is 3.41. The van der Waals surface area contributed by atoms with Crippen LogP contribution < -0.4 is 0 Å². The first-order valence-corrected chi connectivity index (χ1v) is 9.91. The third-order valence-electron chi connectivity index (χ3n) is 4.47. The maximum Gasteiger partial charge on any atom is 0.290 e. The number of rotatable bonds is 5. The smallest absolute Gasteiger partial charge is 0.290 e. The SMILES string of the molecule is O=C(C1=C(O)C(=O)N(Cc2cccs2)C1c1c(Cl)cccc1Cl)c1ccco1. The summed E-state index contributed by atoms with van der Waals surface area (Å²) in [5.74, 6) is -1.87. The lowest BCUT2D eigenvalue weighted by Gasteiger charge is -2.27. The molecule has 1 aromatic carbocycles. The van der Waals surface area contributed by atoms with E-state index in [1.807, 2.05) is 17.5 Å². The molecule has 0 saturated heterocycles. The van der Waals surface area contributed by atoms with Crippen LogP contribution in [0.15, 0.2) is 69.9 Å². The van der Waals surface area contributed by atoms with Crippen LogP contribution in [0, 0.1) is 0 Å². The van der Waals surface area contributed by atoms with Crippen molar-refractivity contribution >= 4 is 46.2 Å². The summed E-state index contributed by atoms with van der Waals surface area (Å²) in [4.78, 5) is 28.2. The summed E-state index contributed by atoms with van der Waals surface area (Å²) in [5.41, 5.74) is 0.279. The first kappa shape index (κ1) is 18.8. The molecule has 0 bridgehead atoms. The Labute approximate surface area is 174 Å². The molecule has 1 N–H and O–H groups in total. The van der Waals surface area contributed by atoms with Crippen molar-refractivity contribution < 1.29 is 19.1 Å². The van der Waals surface area contributed by atoms with Crippen LogP contribution in [0.5, 0.6) is 0 Å². The number of carbonyl (C=O) groups excluding carboxylic acids is 2. The van der Waals surface area contributed by atoms with Gasteiger partial charge >= 0.3 is 0 Å². The van der Waals surface area contributed by atoms with Crippen LogP contribution in [0.3, 0.4) is 0 Å². The first-order valence-electron chi connectivity index (χ1n) is 8.27. The highest BCUT2D eigenvalue weighted by molar-refractivity contribution is 7.09. The molecule has 1 aliphatic rings. The van der Waals surface area contributed by atoms with E-state index in [1.54, 1.807) is 24.3 Å². The van der Waals surface area contributed by atoms with Crippen LogP contribution in [0.4, 0.5) is 0 Å². The zero-order valence-electron chi connectivity index (χ0n) is 14.3. The highest BCUT2D eigenvalue weighted by Crippen LogP contribution is 2.45. The lowest BCUT2D eigenvalue weighted by molar-refractivity contribution is -0.130. The van der Waals surface area contributed by atoms with E-state index in [1.165, 1.54) is 28.6 Å². The van der Waals surface area contributed by atoms with Gasteiger partial charge in [0.2, 0.25) is 5.78 Å². The molecule has 142 valence electrons. The number of Topliss-reactive ketones (excluding diaryl/α,β-unsaturated/α-hetero) is 1. The van der Waals surface area contributed by atoms with Crippen LogP contribution >= 0.6 is 34.5 Å². The van der Waals surface area contributed by atoms with Gasteiger partial charge in [-0.1, -0.05) is 35.3 Å². The highest BCUT2D eigenvalue weighted by Gasteiger charge is 2.46. The molecule has 1 atom stereocenters. The Morgan fingerprint density at radius 2 is 1.89 bits per heavy atom. The lowest BCUT2D eigenvalue weighted by atomic mass is 9.95. The molecule has 0 saturated carbocycles. The third kappa shape index (κ3) is 3.13. The fourth-order valence-electron chi connectivity index (χ4n) is 3.23. The number of furan rings is 1. The standard InChI is InChI=1S/C20H13Cl2NO4S/c21-12-5-1-6-13(22)15(12)17-16(18(24)14-7-2-8-27-14)19(25)20(26)23(17)10-11-4-3-9-28-11/h1-9,17,25H,10H2. The number of thiophene rings is 1. The van der Waals surface area contributed by atoms with Gasteiger partial charge in [-0.2, -0.15) is 0 Å². The molecule has 0 spiro atoms. The number of aliphatic hydroxyl groups excluding tert-OH is 1. The molecular formula is C20H13Cl2NO4S. The summed E-state index contributed by atoms with van der Waals surface area (Å²) in [6.07, 6.45) is 1.35. The van der Waals surface area contributed by atoms with Crippen LogP contribution in [0.1, 0.15) is 27.0 Å². The Morgan fingerprint density at radius 1 is 1.14 bits per heavy atom. The summed E-state index contributed by atoms with van der Waals surface area (Å²) in [7, 11) is 0. The normalized spacial score (nSPS) is 16.9. The number of aliphatic hydroxyl groups is 1. The van der Waals surface area contributed by atoms with E-state index in [0.29, 0.717) is 15.6 Å². The van der Waals surface area contributed by atoms with E-state index < -0.39 is 23.5 Å². The molecule has 8 heteroatoms. The second-order valence-corrected chi connectivity index (χ2v) is 7.97. The largest absolute Gasteiger partial charge is 0.503 e. The van der Waals surface area contributed by atoms with Gasteiger partial charge in [0.1, 0.15) is 0 Å². The average molecular weight is 434 g/mol. The molecule has 3 heterocycles. The number of hydrogen-bond donors (Lipinski definition) is 1. The quantitative estimate of drug-likeness (QED) is 0.544. The van der Waals surface area contributed by atoms with Crippen LogP contribution in [0.25, 0.3) is 0 Å². The van der Waals surface area contributed by atoms with Gasteiger partial charge in [-0.05, 0) is 35.7 Å². The van der Waals surface area contributed by atoms with Gasteiger partial charge in [-0.15, -0.1) is 11.3 Å². The van der Waals surface area contributed by atoms with E-state index in [2.05, 4.69) is 0 Å². The molecular weight excluding hydrogens is 421 g/mol. The second kappa shape index (κ2) is 7.47. The van der Waals surface area contributed by atoms with Crippen molar-refractivity contribution in [2.24, 2.45) is 0 Å². The molecule has 2 aromatic heterocycles. The van der Waals surface area contributed by atoms with E-state index in [-0.39, 0.29) is 17.9 Å². The Morgan fingerprint density at radius 3 is 2.50 bits per heavy atom. The van der Waals surface area contributed by atoms with Crippen molar-refractivity contribution in [3.63, 3.8) is 0 Å². The summed E-state index contributed by atoms with van der Waals surface area (Å²) in [6, 6.07) is 10.7. The molecule has 0 radical (unpaired) electrons. The second-order valence-electron chi connectivity index (χ2n) is 6.12. The highest BCUT2D eigenvalue weighted by atomic mass is 35.5. The lowest BCUT2D eigenvalue weighted by Crippen LogP contribution is -2.30. The van der Waals surface area contributed by atoms with E-state index in [4.69, 9.17) is 27.6 Å². The number of halogens is 2. The minimum Gasteiger partial charge on any atom is -0.503 e. The third-order valence-corrected chi connectivity index (χ3v) is 5.99. The Hall–Kier alpha value is -2.54. The van der Waals surface area contributed by atoms with Crippen molar-refractivity contribution in [3.8, 4) is 0 Å². The minimum atomic E-state index is -0.937. The van der Waals surface area contributed by atoms with Crippen molar-refractivity contribution in [2.75, 3.05) is 0 Å². The molecule has 1 amide bonds. The fraction of sp³-hybridized carbons (Fsp3) is 0.100. The Bertz CT molecular complexity index is 1050. The zero-order valence-corrected chi connectivity index (χ0v) is 16.6. The molecule has 3 aromatic rings. The monoisotopic (exact) mass is 433 g/mol. The minimum absolute atomic E-state index is 0.0144. The van der Waals surface area contributed by atoms with Gasteiger partial charge in [-0.25, -0.2) is 0 Å². The zero-order chi connectivity index (χ0) is 19.8. The van der Waals surface area contributed by atoms with E-state index >= 15 is 0 Å². The topological polar surface area (TPSA) is 70.8 Å². The Balaban J connectivity index is 1.87. The van der Waals surface area contributed by atoms with Crippen molar-refractivity contribution in [1.82, 2.24) is 4.90 Å².